The van der Waals surface area contributed by atoms with Gasteiger partial charge in [-0.2, -0.15) is 11.3 Å². The SMILES string of the molecule is O=C(c1ccsc1)N1CCCC(Cc2nncn2Cc2ccccc2)C1. The van der Waals surface area contributed by atoms with Gasteiger partial charge in [-0.15, -0.1) is 10.2 Å². The van der Waals surface area contributed by atoms with Gasteiger partial charge in [-0.05, 0) is 35.8 Å². The predicted molar refractivity (Wildman–Crippen MR) is 102 cm³/mol. The number of carbonyl (C=O) groups is 1. The van der Waals surface area contributed by atoms with E-state index in [2.05, 4.69) is 39.0 Å². The number of carbonyl (C=O) groups excluding carboxylic acids is 1. The lowest BCUT2D eigenvalue weighted by Gasteiger charge is -2.32. The first-order chi connectivity index (χ1) is 12.8. The van der Waals surface area contributed by atoms with Gasteiger partial charge in [-0.3, -0.25) is 4.79 Å². The van der Waals surface area contributed by atoms with E-state index in [1.807, 2.05) is 27.8 Å². The Labute approximate surface area is 157 Å². The molecular formula is C20H22N4OS. The molecule has 1 aromatic carbocycles. The van der Waals surface area contributed by atoms with E-state index in [4.69, 9.17) is 0 Å². The van der Waals surface area contributed by atoms with E-state index in [1.54, 1.807) is 17.7 Å². The maximum Gasteiger partial charge on any atom is 0.254 e. The highest BCUT2D eigenvalue weighted by Gasteiger charge is 2.26. The minimum Gasteiger partial charge on any atom is -0.338 e. The van der Waals surface area contributed by atoms with Crippen LogP contribution in [0.15, 0.2) is 53.5 Å². The third-order valence-electron chi connectivity index (χ3n) is 4.94. The number of piperidine rings is 1. The summed E-state index contributed by atoms with van der Waals surface area (Å²) in [6, 6.07) is 12.3. The number of hydrogen-bond donors (Lipinski definition) is 0. The fraction of sp³-hybridized carbons (Fsp3) is 0.350. The van der Waals surface area contributed by atoms with Crippen molar-refractivity contribution in [2.24, 2.45) is 5.92 Å². The number of likely N-dealkylation sites (tertiary alicyclic amines) is 1. The van der Waals surface area contributed by atoms with E-state index >= 15 is 0 Å². The molecule has 134 valence electrons. The first-order valence-corrected chi connectivity index (χ1v) is 9.96. The summed E-state index contributed by atoms with van der Waals surface area (Å²) < 4.78 is 2.12. The lowest BCUT2D eigenvalue weighted by molar-refractivity contribution is 0.0672. The third-order valence-corrected chi connectivity index (χ3v) is 5.62. The Morgan fingerprint density at radius 1 is 1.23 bits per heavy atom. The Bertz CT molecular complexity index is 844. The largest absolute Gasteiger partial charge is 0.338 e. The molecule has 26 heavy (non-hydrogen) atoms. The van der Waals surface area contributed by atoms with Crippen molar-refractivity contribution in [1.82, 2.24) is 19.7 Å². The Morgan fingerprint density at radius 3 is 2.92 bits per heavy atom. The molecule has 4 rings (SSSR count). The molecule has 0 radical (unpaired) electrons. The van der Waals surface area contributed by atoms with Gasteiger partial charge in [0.05, 0.1) is 12.1 Å². The minimum atomic E-state index is 0.154. The molecule has 1 amide bonds. The van der Waals surface area contributed by atoms with Crippen molar-refractivity contribution in [3.63, 3.8) is 0 Å². The van der Waals surface area contributed by atoms with Crippen molar-refractivity contribution >= 4 is 17.2 Å². The molecule has 5 nitrogen and oxygen atoms in total. The van der Waals surface area contributed by atoms with E-state index in [1.165, 1.54) is 5.56 Å². The highest BCUT2D eigenvalue weighted by Crippen LogP contribution is 2.22. The first kappa shape index (κ1) is 17.0. The van der Waals surface area contributed by atoms with Gasteiger partial charge in [0.15, 0.2) is 0 Å². The van der Waals surface area contributed by atoms with Crippen LogP contribution in [0, 0.1) is 5.92 Å². The van der Waals surface area contributed by atoms with Gasteiger partial charge in [0.25, 0.3) is 5.91 Å². The monoisotopic (exact) mass is 366 g/mol. The zero-order valence-corrected chi connectivity index (χ0v) is 15.4. The number of aromatic nitrogens is 3. The van der Waals surface area contributed by atoms with Gasteiger partial charge in [0, 0.05) is 24.9 Å². The molecule has 1 fully saturated rings. The van der Waals surface area contributed by atoms with Crippen LogP contribution in [0.1, 0.15) is 34.6 Å². The first-order valence-electron chi connectivity index (χ1n) is 9.01. The van der Waals surface area contributed by atoms with Crippen molar-refractivity contribution in [2.75, 3.05) is 13.1 Å². The fourth-order valence-corrected chi connectivity index (χ4v) is 4.22. The molecule has 0 saturated carbocycles. The number of thiophene rings is 1. The zero-order valence-electron chi connectivity index (χ0n) is 14.6. The van der Waals surface area contributed by atoms with E-state index < -0.39 is 0 Å². The van der Waals surface area contributed by atoms with Crippen LogP contribution >= 0.6 is 11.3 Å². The molecule has 1 aliphatic heterocycles. The highest BCUT2D eigenvalue weighted by molar-refractivity contribution is 7.08. The Morgan fingerprint density at radius 2 is 2.12 bits per heavy atom. The molecule has 1 unspecified atom stereocenters. The van der Waals surface area contributed by atoms with E-state index in [-0.39, 0.29) is 5.91 Å². The molecule has 0 bridgehead atoms. The van der Waals surface area contributed by atoms with Gasteiger partial charge in [0.1, 0.15) is 12.2 Å². The second kappa shape index (κ2) is 7.83. The van der Waals surface area contributed by atoms with E-state index in [9.17, 15) is 4.79 Å². The third kappa shape index (κ3) is 3.85. The lowest BCUT2D eigenvalue weighted by Crippen LogP contribution is -2.40. The van der Waals surface area contributed by atoms with Crippen molar-refractivity contribution in [3.8, 4) is 0 Å². The summed E-state index contributed by atoms with van der Waals surface area (Å²) in [6.45, 7) is 2.43. The van der Waals surface area contributed by atoms with Crippen molar-refractivity contribution in [3.05, 3.63) is 70.4 Å². The number of hydrogen-bond acceptors (Lipinski definition) is 4. The molecule has 3 heterocycles. The minimum absolute atomic E-state index is 0.154. The standard InChI is InChI=1S/C20H22N4OS/c25-20(18-8-10-26-14-18)23-9-4-7-17(13-23)11-19-22-21-15-24(19)12-16-5-2-1-3-6-16/h1-3,5-6,8,10,14-15,17H,4,7,9,11-13H2. The summed E-state index contributed by atoms with van der Waals surface area (Å²) in [4.78, 5) is 14.6. The second-order valence-electron chi connectivity index (χ2n) is 6.84. The smallest absolute Gasteiger partial charge is 0.254 e. The number of benzene rings is 1. The van der Waals surface area contributed by atoms with Crippen LogP contribution in [0.3, 0.4) is 0 Å². The van der Waals surface area contributed by atoms with Crippen LogP contribution in [-0.4, -0.2) is 38.7 Å². The summed E-state index contributed by atoms with van der Waals surface area (Å²) in [6.07, 6.45) is 4.85. The predicted octanol–water partition coefficient (Wildman–Crippen LogP) is 3.48. The summed E-state index contributed by atoms with van der Waals surface area (Å²) >= 11 is 1.57. The molecule has 3 aromatic rings. The van der Waals surface area contributed by atoms with Crippen LogP contribution in [-0.2, 0) is 13.0 Å². The van der Waals surface area contributed by atoms with Crippen LogP contribution < -0.4 is 0 Å². The topological polar surface area (TPSA) is 51.0 Å². The Kier molecular flexibility index (Phi) is 5.11. The van der Waals surface area contributed by atoms with Crippen LogP contribution in [0.2, 0.25) is 0 Å². The quantitative estimate of drug-likeness (QED) is 0.695. The molecule has 0 N–H and O–H groups in total. The number of amides is 1. The average molecular weight is 366 g/mol. The maximum atomic E-state index is 12.6. The molecule has 2 aromatic heterocycles. The molecule has 0 aliphatic carbocycles. The molecule has 1 aliphatic rings. The van der Waals surface area contributed by atoms with Gasteiger partial charge in [-0.25, -0.2) is 0 Å². The van der Waals surface area contributed by atoms with Gasteiger partial charge < -0.3 is 9.47 Å². The molecular weight excluding hydrogens is 344 g/mol. The molecule has 1 saturated heterocycles. The van der Waals surface area contributed by atoms with Gasteiger partial charge in [-0.1, -0.05) is 30.3 Å². The van der Waals surface area contributed by atoms with Crippen LogP contribution in [0.4, 0.5) is 0 Å². The summed E-state index contributed by atoms with van der Waals surface area (Å²) in [5.41, 5.74) is 2.05. The Balaban J connectivity index is 1.41. The normalized spacial score (nSPS) is 17.4. The van der Waals surface area contributed by atoms with Crippen LogP contribution in [0.25, 0.3) is 0 Å². The summed E-state index contributed by atoms with van der Waals surface area (Å²) in [5, 5.41) is 12.3. The van der Waals surface area contributed by atoms with Crippen molar-refractivity contribution < 1.29 is 4.79 Å². The molecule has 6 heteroatoms. The number of rotatable bonds is 5. The summed E-state index contributed by atoms with van der Waals surface area (Å²) in [7, 11) is 0. The number of nitrogens with zero attached hydrogens (tertiary/aromatic N) is 4. The highest BCUT2D eigenvalue weighted by atomic mass is 32.1. The fourth-order valence-electron chi connectivity index (χ4n) is 3.59. The van der Waals surface area contributed by atoms with Gasteiger partial charge >= 0.3 is 0 Å². The van der Waals surface area contributed by atoms with E-state index in [0.29, 0.717) is 5.92 Å². The van der Waals surface area contributed by atoms with Crippen LogP contribution in [0.5, 0.6) is 0 Å². The molecule has 1 atom stereocenters. The second-order valence-corrected chi connectivity index (χ2v) is 7.62. The van der Waals surface area contributed by atoms with E-state index in [0.717, 1.165) is 50.3 Å². The Hall–Kier alpha value is -2.47. The lowest BCUT2D eigenvalue weighted by atomic mass is 9.94. The average Bonchev–Trinajstić information content (AvgIpc) is 3.35. The van der Waals surface area contributed by atoms with Gasteiger partial charge in [0.2, 0.25) is 0 Å². The maximum absolute atomic E-state index is 12.6. The van der Waals surface area contributed by atoms with Crippen molar-refractivity contribution in [2.45, 2.75) is 25.8 Å². The summed E-state index contributed by atoms with van der Waals surface area (Å²) in [5.74, 6) is 1.59. The zero-order chi connectivity index (χ0) is 17.8. The van der Waals surface area contributed by atoms with Crippen molar-refractivity contribution in [1.29, 1.82) is 0 Å². The molecule has 0 spiro atoms.